The number of benzene rings is 1. The lowest BCUT2D eigenvalue weighted by molar-refractivity contribution is -0.122. The van der Waals surface area contributed by atoms with Crippen LogP contribution in [0.5, 0.6) is 0 Å². The van der Waals surface area contributed by atoms with Crippen LogP contribution in [-0.2, 0) is 14.8 Å². The fourth-order valence-electron chi connectivity index (χ4n) is 3.36. The van der Waals surface area contributed by atoms with Crippen LogP contribution < -0.4 is 9.62 Å². The Morgan fingerprint density at radius 2 is 1.73 bits per heavy atom. The Morgan fingerprint density at radius 1 is 1.15 bits per heavy atom. The maximum Gasteiger partial charge on any atom is 0.243 e. The molecule has 0 spiro atoms. The minimum absolute atomic E-state index is 0.0847. The minimum Gasteiger partial charge on any atom is -0.352 e. The van der Waals surface area contributed by atoms with E-state index in [0.29, 0.717) is 5.02 Å². The summed E-state index contributed by atoms with van der Waals surface area (Å²) in [5.74, 6) is -0.322. The molecule has 1 amide bonds. The van der Waals surface area contributed by atoms with Crippen LogP contribution >= 0.6 is 23.2 Å². The van der Waals surface area contributed by atoms with Gasteiger partial charge in [0.05, 0.1) is 17.0 Å². The standard InChI is InChI=1S/C18H26Cl2N2O3S/c1-13(18(23)21-15-8-6-4-3-5-7-9-15)22(26(2,24)25)17-12-14(19)10-11-16(17)20/h10-13,15H,3-9H2,1-2H3,(H,21,23)/t13-/m1/s1. The number of carbonyl (C=O) groups excluding carboxylic acids is 1. The van der Waals surface area contributed by atoms with Crippen molar-refractivity contribution in [3.05, 3.63) is 28.2 Å². The van der Waals surface area contributed by atoms with Gasteiger partial charge in [0, 0.05) is 11.1 Å². The molecule has 1 atom stereocenters. The smallest absolute Gasteiger partial charge is 0.243 e. The molecular weight excluding hydrogens is 395 g/mol. The number of nitrogens with one attached hydrogen (secondary N) is 1. The summed E-state index contributed by atoms with van der Waals surface area (Å²) in [5, 5.41) is 3.60. The first-order valence-corrected chi connectivity index (χ1v) is 11.6. The Labute approximate surface area is 166 Å². The van der Waals surface area contributed by atoms with Crippen LogP contribution in [0.1, 0.15) is 51.9 Å². The first kappa shape index (κ1) is 21.3. The van der Waals surface area contributed by atoms with Gasteiger partial charge in [-0.1, -0.05) is 55.3 Å². The van der Waals surface area contributed by atoms with E-state index in [4.69, 9.17) is 23.2 Å². The van der Waals surface area contributed by atoms with E-state index in [1.54, 1.807) is 13.0 Å². The number of amides is 1. The largest absolute Gasteiger partial charge is 0.352 e. The van der Waals surface area contributed by atoms with E-state index in [1.165, 1.54) is 31.4 Å². The van der Waals surface area contributed by atoms with Gasteiger partial charge in [-0.15, -0.1) is 0 Å². The first-order chi connectivity index (χ1) is 12.2. The SMILES string of the molecule is C[C@H](C(=O)NC1CCCCCCC1)N(c1cc(Cl)ccc1Cl)S(C)(=O)=O. The van der Waals surface area contributed by atoms with E-state index < -0.39 is 16.1 Å². The van der Waals surface area contributed by atoms with Gasteiger partial charge in [-0.25, -0.2) is 8.42 Å². The van der Waals surface area contributed by atoms with E-state index >= 15 is 0 Å². The molecule has 146 valence electrons. The highest BCUT2D eigenvalue weighted by Gasteiger charge is 2.31. The zero-order valence-electron chi connectivity index (χ0n) is 15.2. The van der Waals surface area contributed by atoms with Crippen LogP contribution in [0, 0.1) is 0 Å². The van der Waals surface area contributed by atoms with Crippen molar-refractivity contribution in [2.45, 2.75) is 64.0 Å². The third-order valence-electron chi connectivity index (χ3n) is 4.69. The van der Waals surface area contributed by atoms with Crippen LogP contribution in [0.4, 0.5) is 5.69 Å². The van der Waals surface area contributed by atoms with E-state index in [1.807, 2.05) is 0 Å². The van der Waals surface area contributed by atoms with Crippen LogP contribution in [0.15, 0.2) is 18.2 Å². The lowest BCUT2D eigenvalue weighted by Gasteiger charge is -2.31. The molecule has 0 radical (unpaired) electrons. The molecule has 0 bridgehead atoms. The maximum absolute atomic E-state index is 12.8. The molecule has 1 aliphatic rings. The molecule has 1 aromatic carbocycles. The molecule has 1 fully saturated rings. The van der Waals surface area contributed by atoms with Crippen molar-refractivity contribution >= 4 is 44.8 Å². The van der Waals surface area contributed by atoms with Gasteiger partial charge in [-0.2, -0.15) is 0 Å². The summed E-state index contributed by atoms with van der Waals surface area (Å²) in [7, 11) is -3.73. The van der Waals surface area contributed by atoms with E-state index in [2.05, 4.69) is 5.32 Å². The van der Waals surface area contributed by atoms with Crippen LogP contribution in [0.25, 0.3) is 0 Å². The lowest BCUT2D eigenvalue weighted by atomic mass is 9.96. The first-order valence-electron chi connectivity index (χ1n) is 8.95. The average molecular weight is 421 g/mol. The van der Waals surface area contributed by atoms with Gasteiger partial charge in [0.2, 0.25) is 15.9 Å². The second kappa shape index (κ2) is 9.29. The number of anilines is 1. The van der Waals surface area contributed by atoms with Gasteiger partial charge in [0.25, 0.3) is 0 Å². The lowest BCUT2D eigenvalue weighted by Crippen LogP contribution is -2.50. The summed E-state index contributed by atoms with van der Waals surface area (Å²) < 4.78 is 25.8. The fraction of sp³-hybridized carbons (Fsp3) is 0.611. The number of carbonyl (C=O) groups is 1. The fourth-order valence-corrected chi connectivity index (χ4v) is 4.96. The van der Waals surface area contributed by atoms with Crippen molar-refractivity contribution < 1.29 is 13.2 Å². The third kappa shape index (κ3) is 5.76. The molecule has 0 heterocycles. The Bertz CT molecular complexity index is 732. The van der Waals surface area contributed by atoms with E-state index in [0.717, 1.165) is 36.2 Å². The van der Waals surface area contributed by atoms with Gasteiger partial charge in [-0.05, 0) is 38.0 Å². The molecule has 0 aromatic heterocycles. The summed E-state index contributed by atoms with van der Waals surface area (Å²) in [4.78, 5) is 12.8. The number of halogens is 2. The number of nitrogens with zero attached hydrogens (tertiary/aromatic N) is 1. The second-order valence-corrected chi connectivity index (χ2v) is 9.58. The quantitative estimate of drug-likeness (QED) is 0.768. The van der Waals surface area contributed by atoms with Crippen LogP contribution in [-0.4, -0.2) is 32.7 Å². The Kier molecular flexibility index (Phi) is 7.62. The molecule has 5 nitrogen and oxygen atoms in total. The summed E-state index contributed by atoms with van der Waals surface area (Å²) in [5.41, 5.74) is 0.210. The van der Waals surface area contributed by atoms with Crippen molar-refractivity contribution in [2.75, 3.05) is 10.6 Å². The van der Waals surface area contributed by atoms with E-state index in [-0.39, 0.29) is 22.7 Å². The predicted octanol–water partition coefficient (Wildman–Crippen LogP) is 4.38. The summed E-state index contributed by atoms with van der Waals surface area (Å²) in [6.07, 6.45) is 8.66. The van der Waals surface area contributed by atoms with Crippen molar-refractivity contribution in [3.63, 3.8) is 0 Å². The van der Waals surface area contributed by atoms with Crippen LogP contribution in [0.2, 0.25) is 10.0 Å². The van der Waals surface area contributed by atoms with Gasteiger partial charge in [0.1, 0.15) is 6.04 Å². The number of hydrogen-bond acceptors (Lipinski definition) is 3. The molecular formula is C18H26Cl2N2O3S. The average Bonchev–Trinajstić information content (AvgIpc) is 2.52. The Balaban J connectivity index is 2.22. The number of sulfonamides is 1. The summed E-state index contributed by atoms with van der Waals surface area (Å²) >= 11 is 12.2. The molecule has 8 heteroatoms. The van der Waals surface area contributed by atoms with Crippen molar-refractivity contribution in [3.8, 4) is 0 Å². The molecule has 1 aliphatic carbocycles. The molecule has 1 aromatic rings. The molecule has 0 saturated heterocycles. The zero-order chi connectivity index (χ0) is 19.3. The normalized spacial score (nSPS) is 17.8. The summed E-state index contributed by atoms with van der Waals surface area (Å²) in [6, 6.07) is 3.72. The molecule has 0 aliphatic heterocycles. The Morgan fingerprint density at radius 3 is 2.31 bits per heavy atom. The van der Waals surface area contributed by atoms with Gasteiger partial charge in [0.15, 0.2) is 0 Å². The molecule has 1 saturated carbocycles. The second-order valence-electron chi connectivity index (χ2n) is 6.88. The maximum atomic E-state index is 12.8. The minimum atomic E-state index is -3.73. The third-order valence-corrected chi connectivity index (χ3v) is 6.47. The molecule has 2 rings (SSSR count). The van der Waals surface area contributed by atoms with Crippen molar-refractivity contribution in [1.82, 2.24) is 5.32 Å². The molecule has 0 unspecified atom stereocenters. The topological polar surface area (TPSA) is 66.5 Å². The van der Waals surface area contributed by atoms with Gasteiger partial charge >= 0.3 is 0 Å². The summed E-state index contributed by atoms with van der Waals surface area (Å²) in [6.45, 7) is 1.57. The van der Waals surface area contributed by atoms with Crippen molar-refractivity contribution in [1.29, 1.82) is 0 Å². The van der Waals surface area contributed by atoms with Gasteiger partial charge < -0.3 is 5.32 Å². The predicted molar refractivity (Wildman–Crippen MR) is 107 cm³/mol. The van der Waals surface area contributed by atoms with Crippen molar-refractivity contribution in [2.24, 2.45) is 0 Å². The van der Waals surface area contributed by atoms with Crippen LogP contribution in [0.3, 0.4) is 0 Å². The monoisotopic (exact) mass is 420 g/mol. The highest BCUT2D eigenvalue weighted by Crippen LogP contribution is 2.32. The number of rotatable bonds is 5. The highest BCUT2D eigenvalue weighted by atomic mass is 35.5. The number of hydrogen-bond donors (Lipinski definition) is 1. The zero-order valence-corrected chi connectivity index (χ0v) is 17.5. The highest BCUT2D eigenvalue weighted by molar-refractivity contribution is 7.92. The van der Waals surface area contributed by atoms with Gasteiger partial charge in [-0.3, -0.25) is 9.10 Å². The Hall–Kier alpha value is -0.980. The molecule has 1 N–H and O–H groups in total. The molecule has 26 heavy (non-hydrogen) atoms. The van der Waals surface area contributed by atoms with E-state index in [9.17, 15) is 13.2 Å².